The van der Waals surface area contributed by atoms with Crippen LogP contribution in [0.2, 0.25) is 0 Å². The molecule has 0 amide bonds. The van der Waals surface area contributed by atoms with E-state index in [0.29, 0.717) is 25.2 Å². The van der Waals surface area contributed by atoms with Gasteiger partial charge in [-0.25, -0.2) is 0 Å². The van der Waals surface area contributed by atoms with Gasteiger partial charge in [-0.1, -0.05) is 24.0 Å². The minimum absolute atomic E-state index is 0.114. The lowest BCUT2D eigenvalue weighted by atomic mass is 9.95. The van der Waals surface area contributed by atoms with Crippen molar-refractivity contribution in [1.29, 1.82) is 0 Å². The summed E-state index contributed by atoms with van der Waals surface area (Å²) in [5, 5.41) is 8.69. The number of rotatable bonds is 5. The first-order valence-electron chi connectivity index (χ1n) is 7.65. The number of hydrogen-bond donors (Lipinski definition) is 1. The molecule has 0 saturated heterocycles. The molecule has 0 aliphatic heterocycles. The molecule has 0 heterocycles. The summed E-state index contributed by atoms with van der Waals surface area (Å²) >= 11 is 0. The van der Waals surface area contributed by atoms with E-state index in [1.165, 1.54) is 12.0 Å². The standard InChI is InChI=1S/C18H24O3/c1-20-17-6-4-7-18(13-17)21-14-16-10-8-15(9-11-16)5-2-3-12-19/h8-11,17-19H,3-4,6-7,12-14H2,1H3. The molecular formula is C18H24O3. The Kier molecular flexibility index (Phi) is 6.75. The molecule has 1 N–H and O–H groups in total. The maximum absolute atomic E-state index is 8.69. The monoisotopic (exact) mass is 288 g/mol. The predicted octanol–water partition coefficient (Wildman–Crippen LogP) is 2.89. The van der Waals surface area contributed by atoms with Gasteiger partial charge in [0.25, 0.3) is 0 Å². The molecule has 114 valence electrons. The Morgan fingerprint density at radius 1 is 1.19 bits per heavy atom. The van der Waals surface area contributed by atoms with E-state index in [9.17, 15) is 0 Å². The molecule has 1 aliphatic rings. The largest absolute Gasteiger partial charge is 0.395 e. The smallest absolute Gasteiger partial charge is 0.0720 e. The lowest BCUT2D eigenvalue weighted by Gasteiger charge is -2.28. The van der Waals surface area contributed by atoms with Crippen LogP contribution in [-0.4, -0.2) is 31.0 Å². The molecule has 0 spiro atoms. The molecule has 0 radical (unpaired) electrons. The van der Waals surface area contributed by atoms with Crippen LogP contribution < -0.4 is 0 Å². The van der Waals surface area contributed by atoms with E-state index in [2.05, 4.69) is 24.0 Å². The average Bonchev–Trinajstić information content (AvgIpc) is 2.54. The number of methoxy groups -OCH3 is 1. The molecule has 0 bridgehead atoms. The highest BCUT2D eigenvalue weighted by Crippen LogP contribution is 2.23. The summed E-state index contributed by atoms with van der Waals surface area (Å²) in [6, 6.07) is 8.11. The van der Waals surface area contributed by atoms with Crippen molar-refractivity contribution in [3.63, 3.8) is 0 Å². The van der Waals surface area contributed by atoms with Crippen molar-refractivity contribution in [2.24, 2.45) is 0 Å². The summed E-state index contributed by atoms with van der Waals surface area (Å²) in [6.07, 6.45) is 5.65. The van der Waals surface area contributed by atoms with Gasteiger partial charge in [0.2, 0.25) is 0 Å². The molecule has 3 heteroatoms. The highest BCUT2D eigenvalue weighted by molar-refractivity contribution is 5.35. The molecule has 21 heavy (non-hydrogen) atoms. The first-order valence-corrected chi connectivity index (χ1v) is 7.65. The third-order valence-electron chi connectivity index (χ3n) is 3.82. The number of aliphatic hydroxyl groups is 1. The molecule has 3 nitrogen and oxygen atoms in total. The summed E-state index contributed by atoms with van der Waals surface area (Å²) in [7, 11) is 1.78. The number of aliphatic hydroxyl groups excluding tert-OH is 1. The fraction of sp³-hybridized carbons (Fsp3) is 0.556. The van der Waals surface area contributed by atoms with Crippen LogP contribution in [0.1, 0.15) is 43.2 Å². The van der Waals surface area contributed by atoms with E-state index in [0.717, 1.165) is 24.8 Å². The van der Waals surface area contributed by atoms with Crippen molar-refractivity contribution in [2.45, 2.75) is 50.9 Å². The summed E-state index contributed by atoms with van der Waals surface area (Å²) < 4.78 is 11.4. The minimum atomic E-state index is 0.114. The lowest BCUT2D eigenvalue weighted by Crippen LogP contribution is -2.27. The van der Waals surface area contributed by atoms with Gasteiger partial charge in [0.15, 0.2) is 0 Å². The zero-order valence-corrected chi connectivity index (χ0v) is 12.7. The van der Waals surface area contributed by atoms with E-state index in [4.69, 9.17) is 14.6 Å². The van der Waals surface area contributed by atoms with Crippen LogP contribution in [0.25, 0.3) is 0 Å². The topological polar surface area (TPSA) is 38.7 Å². The second-order valence-electron chi connectivity index (χ2n) is 5.43. The molecule has 2 rings (SSSR count). The van der Waals surface area contributed by atoms with Gasteiger partial charge in [-0.2, -0.15) is 0 Å². The average molecular weight is 288 g/mol. The maximum atomic E-state index is 8.69. The fourth-order valence-electron chi connectivity index (χ4n) is 2.59. The fourth-order valence-corrected chi connectivity index (χ4v) is 2.59. The SMILES string of the molecule is COC1CCCC(OCc2ccc(C#CCCO)cc2)C1. The molecule has 2 atom stereocenters. The van der Waals surface area contributed by atoms with Crippen molar-refractivity contribution in [2.75, 3.05) is 13.7 Å². The van der Waals surface area contributed by atoms with Gasteiger partial charge >= 0.3 is 0 Å². The van der Waals surface area contributed by atoms with Crippen molar-refractivity contribution in [3.8, 4) is 11.8 Å². The van der Waals surface area contributed by atoms with Gasteiger partial charge in [-0.05, 0) is 43.4 Å². The summed E-state index contributed by atoms with van der Waals surface area (Å²) in [5.41, 5.74) is 2.14. The molecule has 2 unspecified atom stereocenters. The first kappa shape index (κ1) is 16.0. The maximum Gasteiger partial charge on any atom is 0.0720 e. The third-order valence-corrected chi connectivity index (χ3v) is 3.82. The second-order valence-corrected chi connectivity index (χ2v) is 5.43. The number of ether oxygens (including phenoxy) is 2. The molecule has 1 aliphatic carbocycles. The quantitative estimate of drug-likeness (QED) is 0.847. The van der Waals surface area contributed by atoms with Crippen molar-refractivity contribution in [3.05, 3.63) is 35.4 Å². The zero-order valence-electron chi connectivity index (χ0n) is 12.7. The van der Waals surface area contributed by atoms with Gasteiger partial charge in [-0.3, -0.25) is 0 Å². The normalized spacial score (nSPS) is 21.6. The Balaban J connectivity index is 1.79. The molecule has 1 saturated carbocycles. The summed E-state index contributed by atoms with van der Waals surface area (Å²) in [5.74, 6) is 5.94. The van der Waals surface area contributed by atoms with Crippen molar-refractivity contribution in [1.82, 2.24) is 0 Å². The van der Waals surface area contributed by atoms with Gasteiger partial charge in [0.05, 0.1) is 25.4 Å². The molecule has 1 aromatic carbocycles. The van der Waals surface area contributed by atoms with Gasteiger partial charge in [0.1, 0.15) is 0 Å². The lowest BCUT2D eigenvalue weighted by molar-refractivity contribution is -0.0363. The first-order chi connectivity index (χ1) is 10.3. The minimum Gasteiger partial charge on any atom is -0.395 e. The second kappa shape index (κ2) is 8.84. The van der Waals surface area contributed by atoms with E-state index in [-0.39, 0.29) is 6.61 Å². The third kappa shape index (κ3) is 5.51. The Bertz CT molecular complexity index is 469. The molecule has 1 fully saturated rings. The Hall–Kier alpha value is -1.34. The van der Waals surface area contributed by atoms with E-state index in [1.54, 1.807) is 7.11 Å². The van der Waals surface area contributed by atoms with E-state index < -0.39 is 0 Å². The van der Waals surface area contributed by atoms with Crippen LogP contribution in [0.4, 0.5) is 0 Å². The highest BCUT2D eigenvalue weighted by Gasteiger charge is 2.21. The highest BCUT2D eigenvalue weighted by atomic mass is 16.5. The number of hydrogen-bond acceptors (Lipinski definition) is 3. The molecule has 0 aromatic heterocycles. The molecule has 1 aromatic rings. The zero-order chi connectivity index (χ0) is 14.9. The Morgan fingerprint density at radius 2 is 1.95 bits per heavy atom. The van der Waals surface area contributed by atoms with Crippen LogP contribution in [0.15, 0.2) is 24.3 Å². The van der Waals surface area contributed by atoms with E-state index in [1.807, 2.05) is 12.1 Å². The van der Waals surface area contributed by atoms with Gasteiger partial charge in [-0.15, -0.1) is 0 Å². The summed E-state index contributed by atoms with van der Waals surface area (Å²) in [4.78, 5) is 0. The molecular weight excluding hydrogens is 264 g/mol. The van der Waals surface area contributed by atoms with Gasteiger partial charge in [0, 0.05) is 19.1 Å². The van der Waals surface area contributed by atoms with Crippen LogP contribution in [-0.2, 0) is 16.1 Å². The van der Waals surface area contributed by atoms with Crippen molar-refractivity contribution >= 4 is 0 Å². The van der Waals surface area contributed by atoms with Crippen molar-refractivity contribution < 1.29 is 14.6 Å². The van der Waals surface area contributed by atoms with Gasteiger partial charge < -0.3 is 14.6 Å². The van der Waals surface area contributed by atoms with Crippen LogP contribution >= 0.6 is 0 Å². The van der Waals surface area contributed by atoms with Crippen LogP contribution in [0.3, 0.4) is 0 Å². The number of benzene rings is 1. The Labute approximate surface area is 127 Å². The Morgan fingerprint density at radius 3 is 2.67 bits per heavy atom. The van der Waals surface area contributed by atoms with Crippen LogP contribution in [0, 0.1) is 11.8 Å². The predicted molar refractivity (Wildman–Crippen MR) is 82.9 cm³/mol. The summed E-state index contributed by atoms with van der Waals surface area (Å²) in [6.45, 7) is 0.758. The van der Waals surface area contributed by atoms with Crippen LogP contribution in [0.5, 0.6) is 0 Å². The van der Waals surface area contributed by atoms with E-state index >= 15 is 0 Å².